The Morgan fingerprint density at radius 2 is 0.509 bits per heavy atom. The van der Waals surface area contributed by atoms with E-state index in [4.69, 9.17) is 61.6 Å². The zero-order valence-corrected chi connectivity index (χ0v) is 32.6. The van der Waals surface area contributed by atoms with Gasteiger partial charge in [0, 0.05) is 35.1 Å². The maximum atomic E-state index is 11.2. The molecule has 0 rings (SSSR count). The highest BCUT2D eigenvalue weighted by Crippen LogP contribution is 2.23. The van der Waals surface area contributed by atoms with Crippen LogP contribution >= 0.6 is 0 Å². The van der Waals surface area contributed by atoms with Gasteiger partial charge in [0.25, 0.3) is 0 Å². The highest BCUT2D eigenvalue weighted by Gasteiger charge is 2.30. The molecule has 0 bridgehead atoms. The first-order valence-corrected chi connectivity index (χ1v) is 17.9. The minimum Gasteiger partial charge on any atom is -0.460 e. The third-order valence-corrected chi connectivity index (χ3v) is 6.75. The fourth-order valence-corrected chi connectivity index (χ4v) is 3.99. The Hall–Kier alpha value is -3.52. The third kappa shape index (κ3) is 32.4. The summed E-state index contributed by atoms with van der Waals surface area (Å²) in [5.41, 5.74) is -1.15. The van der Waals surface area contributed by atoms with Crippen molar-refractivity contribution in [3.63, 3.8) is 0 Å². The molecule has 0 aromatic rings. The Morgan fingerprint density at radius 1 is 0.327 bits per heavy atom. The standard InChI is InChI=1S/C38H62O17/c1-7-33(39)52-23-19-43-11-15-47-27-37(5,28-48-16-12-44-20-24-53-34(40)8-2)31-51-32-38(6,29-49-17-13-45-21-25-54-35(41)9-3)30-50-18-14-46-22-26-55-36(42)10-4/h7-10H,1-4,11-32H2,5-6H3. The first kappa shape index (κ1) is 51.5. The molecule has 0 aromatic carbocycles. The van der Waals surface area contributed by atoms with Crippen molar-refractivity contribution in [1.82, 2.24) is 0 Å². The Kier molecular flexibility index (Phi) is 32.7. The summed E-state index contributed by atoms with van der Waals surface area (Å²) in [6, 6.07) is 0. The van der Waals surface area contributed by atoms with Crippen LogP contribution in [0.2, 0.25) is 0 Å². The van der Waals surface area contributed by atoms with E-state index in [0.29, 0.717) is 0 Å². The van der Waals surface area contributed by atoms with E-state index in [1.54, 1.807) is 0 Å². The Labute approximate surface area is 325 Å². The minimum absolute atomic E-state index is 0.107. The molecule has 0 amide bonds. The van der Waals surface area contributed by atoms with Gasteiger partial charge in [-0.2, -0.15) is 0 Å². The van der Waals surface area contributed by atoms with Gasteiger partial charge in [0.2, 0.25) is 0 Å². The Balaban J connectivity index is 5.08. The van der Waals surface area contributed by atoms with Crippen LogP contribution < -0.4 is 0 Å². The molecule has 0 fully saturated rings. The van der Waals surface area contributed by atoms with Crippen molar-refractivity contribution in [2.75, 3.05) is 145 Å². The summed E-state index contributed by atoms with van der Waals surface area (Å²) in [5, 5.41) is 0. The molecule has 0 heterocycles. The van der Waals surface area contributed by atoms with Crippen LogP contribution in [0, 0.1) is 10.8 Å². The fraction of sp³-hybridized carbons (Fsp3) is 0.684. The molecular weight excluding hydrogens is 728 g/mol. The molecule has 316 valence electrons. The molecule has 0 radical (unpaired) electrons. The van der Waals surface area contributed by atoms with Crippen molar-refractivity contribution >= 4 is 23.9 Å². The van der Waals surface area contributed by atoms with E-state index >= 15 is 0 Å². The average molecular weight is 791 g/mol. The fourth-order valence-electron chi connectivity index (χ4n) is 3.99. The van der Waals surface area contributed by atoms with Gasteiger partial charge in [-0.3, -0.25) is 0 Å². The van der Waals surface area contributed by atoms with Crippen LogP contribution in [0.3, 0.4) is 0 Å². The van der Waals surface area contributed by atoms with Gasteiger partial charge < -0.3 is 61.6 Å². The van der Waals surface area contributed by atoms with E-state index in [1.165, 1.54) is 0 Å². The van der Waals surface area contributed by atoms with Crippen LogP contribution in [0.25, 0.3) is 0 Å². The first-order chi connectivity index (χ1) is 26.5. The number of hydrogen-bond donors (Lipinski definition) is 0. The zero-order chi connectivity index (χ0) is 40.9. The van der Waals surface area contributed by atoms with Gasteiger partial charge in [-0.05, 0) is 0 Å². The second-order valence-electron chi connectivity index (χ2n) is 12.3. The first-order valence-electron chi connectivity index (χ1n) is 17.9. The van der Waals surface area contributed by atoms with Crippen LogP contribution in [0.1, 0.15) is 13.8 Å². The second-order valence-corrected chi connectivity index (χ2v) is 12.3. The van der Waals surface area contributed by atoms with Crippen LogP contribution in [-0.2, 0) is 80.8 Å². The van der Waals surface area contributed by atoms with Crippen molar-refractivity contribution in [2.45, 2.75) is 13.8 Å². The number of ether oxygens (including phenoxy) is 13. The van der Waals surface area contributed by atoms with Gasteiger partial charge in [-0.25, -0.2) is 19.2 Å². The SMILES string of the molecule is C=CC(=O)OCCOCCOCC(C)(COCCOCCOC(=O)C=C)COCC(C)(COCCOCCOC(=O)C=C)COCCOCCOC(=O)C=C. The van der Waals surface area contributed by atoms with Crippen LogP contribution in [-0.4, -0.2) is 169 Å². The van der Waals surface area contributed by atoms with E-state index < -0.39 is 34.7 Å². The lowest BCUT2D eigenvalue weighted by atomic mass is 9.92. The summed E-state index contributed by atoms with van der Waals surface area (Å²) in [5.74, 6) is -2.07. The highest BCUT2D eigenvalue weighted by molar-refractivity contribution is 5.82. The Morgan fingerprint density at radius 3 is 0.727 bits per heavy atom. The normalized spacial score (nSPS) is 11.4. The van der Waals surface area contributed by atoms with Crippen molar-refractivity contribution in [2.24, 2.45) is 10.8 Å². The van der Waals surface area contributed by atoms with Crippen molar-refractivity contribution < 1.29 is 80.8 Å². The predicted octanol–water partition coefficient (Wildman–Crippen LogP) is 2.07. The van der Waals surface area contributed by atoms with E-state index in [9.17, 15) is 19.2 Å². The van der Waals surface area contributed by atoms with Gasteiger partial charge in [0.05, 0.1) is 119 Å². The molecule has 17 heteroatoms. The lowest BCUT2D eigenvalue weighted by Crippen LogP contribution is -2.39. The lowest BCUT2D eigenvalue weighted by molar-refractivity contribution is -0.140. The molecule has 55 heavy (non-hydrogen) atoms. The molecule has 0 saturated carbocycles. The van der Waals surface area contributed by atoms with Crippen molar-refractivity contribution in [3.05, 3.63) is 50.6 Å². The zero-order valence-electron chi connectivity index (χ0n) is 32.6. The van der Waals surface area contributed by atoms with E-state index in [0.717, 1.165) is 24.3 Å². The molecule has 17 nitrogen and oxygen atoms in total. The van der Waals surface area contributed by atoms with Gasteiger partial charge in [0.15, 0.2) is 0 Å². The third-order valence-electron chi connectivity index (χ3n) is 6.75. The van der Waals surface area contributed by atoms with Crippen molar-refractivity contribution in [1.29, 1.82) is 0 Å². The maximum absolute atomic E-state index is 11.2. The molecule has 0 aliphatic rings. The molecule has 0 unspecified atom stereocenters. The minimum atomic E-state index is -0.576. The van der Waals surface area contributed by atoms with E-state index in [1.807, 2.05) is 13.8 Å². The van der Waals surface area contributed by atoms with Crippen LogP contribution in [0.5, 0.6) is 0 Å². The number of carbonyl (C=O) groups excluding carboxylic acids is 4. The quantitative estimate of drug-likeness (QED) is 0.0379. The number of hydrogen-bond acceptors (Lipinski definition) is 17. The molecule has 0 spiro atoms. The maximum Gasteiger partial charge on any atom is 0.330 e. The summed E-state index contributed by atoms with van der Waals surface area (Å²) >= 11 is 0. The van der Waals surface area contributed by atoms with E-state index in [-0.39, 0.29) is 145 Å². The van der Waals surface area contributed by atoms with Crippen molar-refractivity contribution in [3.8, 4) is 0 Å². The average Bonchev–Trinajstić information content (AvgIpc) is 3.18. The largest absolute Gasteiger partial charge is 0.460 e. The van der Waals surface area contributed by atoms with Gasteiger partial charge in [-0.15, -0.1) is 0 Å². The summed E-state index contributed by atoms with van der Waals surface area (Å²) in [6.07, 6.45) is 4.34. The lowest BCUT2D eigenvalue weighted by Gasteiger charge is -2.33. The molecule has 0 aliphatic carbocycles. The molecule has 0 aliphatic heterocycles. The smallest absolute Gasteiger partial charge is 0.330 e. The topological polar surface area (TPSA) is 188 Å². The monoisotopic (exact) mass is 790 g/mol. The molecule has 0 saturated heterocycles. The van der Waals surface area contributed by atoms with Gasteiger partial charge in [0.1, 0.15) is 26.4 Å². The number of rotatable bonds is 40. The molecule has 0 N–H and O–H groups in total. The highest BCUT2D eigenvalue weighted by atomic mass is 16.6. The van der Waals surface area contributed by atoms with Crippen LogP contribution in [0.4, 0.5) is 0 Å². The van der Waals surface area contributed by atoms with Gasteiger partial charge >= 0.3 is 23.9 Å². The Bertz CT molecular complexity index is 925. The molecule has 0 atom stereocenters. The number of esters is 4. The summed E-state index contributed by atoms with van der Waals surface area (Å²) in [7, 11) is 0. The van der Waals surface area contributed by atoms with E-state index in [2.05, 4.69) is 26.3 Å². The van der Waals surface area contributed by atoms with Crippen LogP contribution in [0.15, 0.2) is 50.6 Å². The predicted molar refractivity (Wildman–Crippen MR) is 198 cm³/mol. The number of carbonyl (C=O) groups is 4. The van der Waals surface area contributed by atoms with Gasteiger partial charge in [-0.1, -0.05) is 40.2 Å². The summed E-state index contributed by atoms with van der Waals surface area (Å²) in [4.78, 5) is 44.6. The molecule has 0 aromatic heterocycles. The summed E-state index contributed by atoms with van der Waals surface area (Å²) in [6.45, 7) is 22.6. The second kappa shape index (κ2) is 34.9. The summed E-state index contributed by atoms with van der Waals surface area (Å²) < 4.78 is 71.4. The molecular formula is C38H62O17.